The van der Waals surface area contributed by atoms with Crippen molar-refractivity contribution in [3.8, 4) is 11.6 Å². The topological polar surface area (TPSA) is 37.7 Å². The summed E-state index contributed by atoms with van der Waals surface area (Å²) in [5.41, 5.74) is 1.97. The van der Waals surface area contributed by atoms with Crippen LogP contribution in [0.25, 0.3) is 10.8 Å². The van der Waals surface area contributed by atoms with Crippen LogP contribution in [0.3, 0.4) is 0 Å². The Labute approximate surface area is 149 Å². The van der Waals surface area contributed by atoms with Crippen LogP contribution in [0.5, 0.6) is 11.6 Å². The maximum atomic E-state index is 6.15. The molecule has 0 amide bonds. The molecule has 0 saturated heterocycles. The van der Waals surface area contributed by atoms with Gasteiger partial charge in [0.05, 0.1) is 17.7 Å². The van der Waals surface area contributed by atoms with Gasteiger partial charge in [-0.2, -0.15) is 0 Å². The number of aliphatic imine (C=N–C) groups is 1. The Hall–Kier alpha value is -2.82. The number of nitrogens with zero attached hydrogens (tertiary/aromatic N) is 3. The third kappa shape index (κ3) is 3.82. The van der Waals surface area contributed by atoms with Crippen molar-refractivity contribution in [1.29, 1.82) is 0 Å². The molecule has 0 fully saturated rings. The molecule has 124 valence electrons. The van der Waals surface area contributed by atoms with Crippen LogP contribution in [0.1, 0.15) is 12.6 Å². The zero-order valence-electron chi connectivity index (χ0n) is 14.7. The largest absolute Gasteiger partial charge is 0.439 e. The molecule has 3 aromatic rings. The van der Waals surface area contributed by atoms with E-state index in [4.69, 9.17) is 12.6 Å². The average Bonchev–Trinajstić information content (AvgIpc) is 2.63. The van der Waals surface area contributed by atoms with E-state index in [9.17, 15) is 0 Å². The second kappa shape index (κ2) is 7.39. The first-order valence-electron chi connectivity index (χ1n) is 8.25. The van der Waals surface area contributed by atoms with E-state index in [1.54, 1.807) is 12.4 Å². The molecule has 0 atom stereocenters. The number of benzene rings is 2. The summed E-state index contributed by atoms with van der Waals surface area (Å²) in [5.74, 6) is 1.13. The van der Waals surface area contributed by atoms with E-state index in [2.05, 4.69) is 16.9 Å². The summed E-state index contributed by atoms with van der Waals surface area (Å²) in [6, 6.07) is 15.8. The molecule has 3 rings (SSSR count). The Bertz CT molecular complexity index is 919. The van der Waals surface area contributed by atoms with Gasteiger partial charge in [-0.3, -0.25) is 0 Å². The molecular weight excluding hydrogens is 309 g/mol. The summed E-state index contributed by atoms with van der Waals surface area (Å²) < 4.78 is 6.01. The lowest BCUT2D eigenvalue weighted by molar-refractivity contribution is 0.471. The number of rotatable bonds is 5. The van der Waals surface area contributed by atoms with Crippen LogP contribution in [-0.2, 0) is 0 Å². The summed E-state index contributed by atoms with van der Waals surface area (Å²) in [5, 5.41) is 2.13. The van der Waals surface area contributed by atoms with Gasteiger partial charge in [-0.25, -0.2) is 9.98 Å². The molecule has 25 heavy (non-hydrogen) atoms. The number of aryl methyl sites for hydroxylation is 1. The average molecular weight is 329 g/mol. The summed E-state index contributed by atoms with van der Waals surface area (Å²) in [6.45, 7) is 4.84. The normalized spacial score (nSPS) is 11.2. The fourth-order valence-electron chi connectivity index (χ4n) is 2.43. The van der Waals surface area contributed by atoms with Gasteiger partial charge in [-0.1, -0.05) is 36.4 Å². The van der Waals surface area contributed by atoms with Crippen molar-refractivity contribution >= 4 is 36.1 Å². The molecule has 0 N–H and O–H groups in total. The third-order valence-electron chi connectivity index (χ3n) is 4.03. The van der Waals surface area contributed by atoms with Crippen LogP contribution in [0.4, 0.5) is 5.69 Å². The minimum absolute atomic E-state index is 0.400. The number of ether oxygens (including phenoxy) is 1. The van der Waals surface area contributed by atoms with E-state index in [-0.39, 0.29) is 0 Å². The van der Waals surface area contributed by atoms with Crippen LogP contribution in [-0.4, -0.2) is 37.7 Å². The summed E-state index contributed by atoms with van der Waals surface area (Å²) in [4.78, 5) is 10.9. The highest BCUT2D eigenvalue weighted by Crippen LogP contribution is 2.29. The quantitative estimate of drug-likeness (QED) is 0.407. The van der Waals surface area contributed by atoms with Gasteiger partial charge in [0.2, 0.25) is 5.88 Å². The first-order chi connectivity index (χ1) is 12.1. The Kier molecular flexibility index (Phi) is 5.03. The molecule has 4 nitrogen and oxygen atoms in total. The van der Waals surface area contributed by atoms with E-state index in [0.717, 1.165) is 34.4 Å². The van der Waals surface area contributed by atoms with E-state index >= 15 is 0 Å². The number of aromatic nitrogens is 1. The second-order valence-corrected chi connectivity index (χ2v) is 5.88. The molecule has 0 unspecified atom stereocenters. The van der Waals surface area contributed by atoms with Crippen molar-refractivity contribution < 1.29 is 4.74 Å². The monoisotopic (exact) mass is 329 g/mol. The minimum Gasteiger partial charge on any atom is -0.439 e. The maximum absolute atomic E-state index is 6.15. The molecule has 2 radical (unpaired) electrons. The van der Waals surface area contributed by atoms with Crippen molar-refractivity contribution in [2.75, 3.05) is 13.6 Å². The van der Waals surface area contributed by atoms with Gasteiger partial charge in [0, 0.05) is 19.0 Å². The first kappa shape index (κ1) is 17.0. The van der Waals surface area contributed by atoms with Crippen LogP contribution >= 0.6 is 0 Å². The zero-order valence-corrected chi connectivity index (χ0v) is 14.7. The standard InChI is InChI=1S/C20H20BN3O/c1-4-24(3)13-22-18-12-17(21)20(23-14(18)2)25-19-11-7-9-15-8-5-6-10-16(15)19/h5-13H,4H2,1-3H3. The van der Waals surface area contributed by atoms with Gasteiger partial charge in [0.15, 0.2) is 0 Å². The Balaban J connectivity index is 1.93. The first-order valence-corrected chi connectivity index (χ1v) is 8.25. The predicted octanol–water partition coefficient (Wildman–Crippen LogP) is 3.74. The molecule has 0 saturated carbocycles. The van der Waals surface area contributed by atoms with Crippen molar-refractivity contribution in [2.24, 2.45) is 4.99 Å². The summed E-state index contributed by atoms with van der Waals surface area (Å²) >= 11 is 0. The van der Waals surface area contributed by atoms with E-state index in [0.29, 0.717) is 11.3 Å². The zero-order chi connectivity index (χ0) is 17.8. The highest BCUT2D eigenvalue weighted by Gasteiger charge is 2.09. The van der Waals surface area contributed by atoms with Crippen LogP contribution in [0, 0.1) is 6.92 Å². The second-order valence-electron chi connectivity index (χ2n) is 5.88. The molecule has 0 aliphatic rings. The Morgan fingerprint density at radius 2 is 1.96 bits per heavy atom. The van der Waals surface area contributed by atoms with E-state index < -0.39 is 0 Å². The molecule has 2 aromatic carbocycles. The Morgan fingerprint density at radius 3 is 2.76 bits per heavy atom. The molecule has 5 heteroatoms. The minimum atomic E-state index is 0.400. The van der Waals surface area contributed by atoms with E-state index in [1.165, 1.54) is 0 Å². The smallest absolute Gasteiger partial charge is 0.212 e. The van der Waals surface area contributed by atoms with Crippen LogP contribution in [0.2, 0.25) is 0 Å². The van der Waals surface area contributed by atoms with Crippen molar-refractivity contribution in [1.82, 2.24) is 9.88 Å². The van der Waals surface area contributed by atoms with Crippen molar-refractivity contribution in [3.05, 3.63) is 54.2 Å². The molecule has 1 aromatic heterocycles. The fraction of sp³-hybridized carbons (Fsp3) is 0.200. The summed E-state index contributed by atoms with van der Waals surface area (Å²) in [6.07, 6.45) is 1.77. The number of hydrogen-bond acceptors (Lipinski definition) is 3. The molecule has 1 heterocycles. The molecule has 0 spiro atoms. The van der Waals surface area contributed by atoms with Gasteiger partial charge < -0.3 is 9.64 Å². The highest BCUT2D eigenvalue weighted by molar-refractivity contribution is 6.34. The van der Waals surface area contributed by atoms with Crippen molar-refractivity contribution in [3.63, 3.8) is 0 Å². The maximum Gasteiger partial charge on any atom is 0.212 e. The predicted molar refractivity (Wildman–Crippen MR) is 105 cm³/mol. The van der Waals surface area contributed by atoms with Gasteiger partial charge >= 0.3 is 0 Å². The SMILES string of the molecule is [B]c1cc(N=CN(C)CC)c(C)nc1Oc1cccc2ccccc12. The van der Waals surface area contributed by atoms with Gasteiger partial charge in [-0.15, -0.1) is 0 Å². The summed E-state index contributed by atoms with van der Waals surface area (Å²) in [7, 11) is 8.11. The third-order valence-corrected chi connectivity index (χ3v) is 4.03. The number of pyridine rings is 1. The lowest BCUT2D eigenvalue weighted by Gasteiger charge is -2.13. The Morgan fingerprint density at radius 1 is 1.20 bits per heavy atom. The number of hydrogen-bond donors (Lipinski definition) is 0. The fourth-order valence-corrected chi connectivity index (χ4v) is 2.43. The molecular formula is C20H20BN3O. The molecule has 0 aliphatic heterocycles. The molecule has 0 aliphatic carbocycles. The molecule has 0 bridgehead atoms. The lowest BCUT2D eigenvalue weighted by atomic mass is 9.96. The number of fused-ring (bicyclic) bond motifs is 1. The van der Waals surface area contributed by atoms with Crippen molar-refractivity contribution in [2.45, 2.75) is 13.8 Å². The van der Waals surface area contributed by atoms with Gasteiger partial charge in [0.1, 0.15) is 13.6 Å². The lowest BCUT2D eigenvalue weighted by Crippen LogP contribution is -2.15. The van der Waals surface area contributed by atoms with Gasteiger partial charge in [-0.05, 0) is 36.8 Å². The highest BCUT2D eigenvalue weighted by atomic mass is 16.5. The van der Waals surface area contributed by atoms with Crippen LogP contribution in [0.15, 0.2) is 53.5 Å². The van der Waals surface area contributed by atoms with E-state index in [1.807, 2.05) is 61.3 Å². The van der Waals surface area contributed by atoms with Crippen LogP contribution < -0.4 is 10.2 Å². The van der Waals surface area contributed by atoms with Gasteiger partial charge in [0.25, 0.3) is 0 Å².